The van der Waals surface area contributed by atoms with Gasteiger partial charge in [-0.2, -0.15) is 0 Å². The van der Waals surface area contributed by atoms with Gasteiger partial charge in [0.2, 0.25) is 11.9 Å². The molecule has 1 aromatic heterocycles. The van der Waals surface area contributed by atoms with Gasteiger partial charge in [-0.15, -0.1) is 10.2 Å². The summed E-state index contributed by atoms with van der Waals surface area (Å²) in [5.74, 6) is 0.0915. The molecule has 0 bridgehead atoms. The van der Waals surface area contributed by atoms with E-state index in [-0.39, 0.29) is 17.8 Å². The average molecular weight is 265 g/mol. The van der Waals surface area contributed by atoms with E-state index in [4.69, 9.17) is 5.73 Å². The van der Waals surface area contributed by atoms with E-state index in [2.05, 4.69) is 20.5 Å². The standard InChI is InChI=1S/C13H23N5O/c1-5-8(4)11(14)12(19)16-13-15-9(6-2)10(7-3)17-18-13/h8,11H,5-7,14H2,1-4H3,(H,15,16,18,19)/t8?,11-/m0/s1. The van der Waals surface area contributed by atoms with Crippen LogP contribution in [0.25, 0.3) is 0 Å². The van der Waals surface area contributed by atoms with Gasteiger partial charge in [0.1, 0.15) is 0 Å². The Kier molecular flexibility index (Phi) is 5.82. The second-order valence-electron chi connectivity index (χ2n) is 4.64. The van der Waals surface area contributed by atoms with Gasteiger partial charge in [-0.1, -0.05) is 34.1 Å². The summed E-state index contributed by atoms with van der Waals surface area (Å²) in [5, 5.41) is 10.6. The second kappa shape index (κ2) is 7.13. The molecule has 0 saturated carbocycles. The van der Waals surface area contributed by atoms with Gasteiger partial charge in [0.15, 0.2) is 0 Å². The van der Waals surface area contributed by atoms with E-state index in [1.54, 1.807) is 0 Å². The summed E-state index contributed by atoms with van der Waals surface area (Å²) in [7, 11) is 0. The zero-order valence-corrected chi connectivity index (χ0v) is 12.1. The van der Waals surface area contributed by atoms with Crippen LogP contribution in [-0.2, 0) is 17.6 Å². The summed E-state index contributed by atoms with van der Waals surface area (Å²) in [6, 6.07) is -0.551. The predicted octanol–water partition coefficient (Wildman–Crippen LogP) is 1.31. The van der Waals surface area contributed by atoms with Crippen LogP contribution in [0.5, 0.6) is 0 Å². The number of aryl methyl sites for hydroxylation is 2. The molecule has 6 nitrogen and oxygen atoms in total. The highest BCUT2D eigenvalue weighted by Crippen LogP contribution is 2.09. The summed E-state index contributed by atoms with van der Waals surface area (Å²) in [6.07, 6.45) is 2.39. The van der Waals surface area contributed by atoms with Crippen LogP contribution < -0.4 is 11.1 Å². The highest BCUT2D eigenvalue weighted by Gasteiger charge is 2.20. The molecule has 0 aromatic carbocycles. The quantitative estimate of drug-likeness (QED) is 0.808. The van der Waals surface area contributed by atoms with Gasteiger partial charge in [-0.05, 0) is 18.8 Å². The lowest BCUT2D eigenvalue weighted by Crippen LogP contribution is -2.41. The van der Waals surface area contributed by atoms with E-state index in [1.165, 1.54) is 0 Å². The van der Waals surface area contributed by atoms with Gasteiger partial charge >= 0.3 is 0 Å². The van der Waals surface area contributed by atoms with Crippen molar-refractivity contribution in [3.63, 3.8) is 0 Å². The van der Waals surface area contributed by atoms with Crippen molar-refractivity contribution in [1.82, 2.24) is 15.2 Å². The molecule has 0 aliphatic rings. The highest BCUT2D eigenvalue weighted by molar-refractivity contribution is 5.93. The van der Waals surface area contributed by atoms with Gasteiger partial charge in [-0.25, -0.2) is 4.98 Å². The first-order valence-corrected chi connectivity index (χ1v) is 6.82. The van der Waals surface area contributed by atoms with Crippen LogP contribution in [0, 0.1) is 5.92 Å². The number of amides is 1. The Hall–Kier alpha value is -1.56. The van der Waals surface area contributed by atoms with Crippen molar-refractivity contribution in [2.75, 3.05) is 5.32 Å². The normalized spacial score (nSPS) is 13.9. The molecule has 1 amide bonds. The fraction of sp³-hybridized carbons (Fsp3) is 0.692. The number of carbonyl (C=O) groups excluding carboxylic acids is 1. The van der Waals surface area contributed by atoms with Crippen molar-refractivity contribution in [2.45, 2.75) is 53.0 Å². The molecule has 0 saturated heterocycles. The Morgan fingerprint density at radius 1 is 1.21 bits per heavy atom. The highest BCUT2D eigenvalue weighted by atomic mass is 16.2. The fourth-order valence-electron chi connectivity index (χ4n) is 1.70. The molecular formula is C13H23N5O. The summed E-state index contributed by atoms with van der Waals surface area (Å²) >= 11 is 0. The number of aromatic nitrogens is 3. The Morgan fingerprint density at radius 3 is 2.37 bits per heavy atom. The molecule has 3 N–H and O–H groups in total. The molecular weight excluding hydrogens is 242 g/mol. The number of hydrogen-bond acceptors (Lipinski definition) is 5. The first-order valence-electron chi connectivity index (χ1n) is 6.82. The van der Waals surface area contributed by atoms with Crippen LogP contribution in [0.4, 0.5) is 5.95 Å². The number of anilines is 1. The molecule has 1 rings (SSSR count). The minimum Gasteiger partial charge on any atom is -0.320 e. The first kappa shape index (κ1) is 15.5. The zero-order chi connectivity index (χ0) is 14.4. The topological polar surface area (TPSA) is 93.8 Å². The third-order valence-corrected chi connectivity index (χ3v) is 3.30. The average Bonchev–Trinajstić information content (AvgIpc) is 2.45. The fourth-order valence-corrected chi connectivity index (χ4v) is 1.70. The van der Waals surface area contributed by atoms with Crippen molar-refractivity contribution in [2.24, 2.45) is 11.7 Å². The molecule has 0 radical (unpaired) electrons. The van der Waals surface area contributed by atoms with Crippen LogP contribution in [0.3, 0.4) is 0 Å². The number of nitrogens with zero attached hydrogens (tertiary/aromatic N) is 3. The smallest absolute Gasteiger partial charge is 0.249 e. The summed E-state index contributed by atoms with van der Waals surface area (Å²) in [5.41, 5.74) is 7.59. The summed E-state index contributed by atoms with van der Waals surface area (Å²) < 4.78 is 0. The monoisotopic (exact) mass is 265 g/mol. The summed E-state index contributed by atoms with van der Waals surface area (Å²) in [6.45, 7) is 7.95. The lowest BCUT2D eigenvalue weighted by molar-refractivity contribution is -0.118. The zero-order valence-electron chi connectivity index (χ0n) is 12.1. The molecule has 19 heavy (non-hydrogen) atoms. The van der Waals surface area contributed by atoms with Crippen molar-refractivity contribution >= 4 is 11.9 Å². The maximum absolute atomic E-state index is 11.9. The number of rotatable bonds is 6. The molecule has 1 unspecified atom stereocenters. The van der Waals surface area contributed by atoms with Crippen LogP contribution in [0.15, 0.2) is 0 Å². The van der Waals surface area contributed by atoms with Crippen molar-refractivity contribution < 1.29 is 4.79 Å². The van der Waals surface area contributed by atoms with Crippen LogP contribution >= 0.6 is 0 Å². The van der Waals surface area contributed by atoms with Gasteiger partial charge < -0.3 is 5.73 Å². The second-order valence-corrected chi connectivity index (χ2v) is 4.64. The van der Waals surface area contributed by atoms with Crippen molar-refractivity contribution in [3.8, 4) is 0 Å². The van der Waals surface area contributed by atoms with E-state index in [1.807, 2.05) is 27.7 Å². The molecule has 0 spiro atoms. The minimum atomic E-state index is -0.551. The molecule has 0 aliphatic carbocycles. The van der Waals surface area contributed by atoms with Crippen LogP contribution in [0.2, 0.25) is 0 Å². The van der Waals surface area contributed by atoms with Crippen molar-refractivity contribution in [1.29, 1.82) is 0 Å². The Bertz CT molecular complexity index is 435. The lowest BCUT2D eigenvalue weighted by Gasteiger charge is -2.17. The molecule has 106 valence electrons. The minimum absolute atomic E-state index is 0.119. The maximum atomic E-state index is 11.9. The predicted molar refractivity (Wildman–Crippen MR) is 74.6 cm³/mol. The van der Waals surface area contributed by atoms with Crippen LogP contribution in [-0.4, -0.2) is 27.1 Å². The van der Waals surface area contributed by atoms with Crippen LogP contribution in [0.1, 0.15) is 45.5 Å². The number of nitrogens with one attached hydrogen (secondary N) is 1. The van der Waals surface area contributed by atoms with E-state index in [9.17, 15) is 4.79 Å². The molecule has 0 fully saturated rings. The van der Waals surface area contributed by atoms with E-state index in [0.717, 1.165) is 30.7 Å². The Labute approximate surface area is 114 Å². The largest absolute Gasteiger partial charge is 0.320 e. The van der Waals surface area contributed by atoms with Gasteiger partial charge in [0, 0.05) is 0 Å². The maximum Gasteiger partial charge on any atom is 0.249 e. The molecule has 1 heterocycles. The van der Waals surface area contributed by atoms with Gasteiger partial charge in [0.25, 0.3) is 0 Å². The molecule has 0 aliphatic heterocycles. The van der Waals surface area contributed by atoms with E-state index < -0.39 is 6.04 Å². The Morgan fingerprint density at radius 2 is 1.84 bits per heavy atom. The van der Waals surface area contributed by atoms with Gasteiger partial charge in [-0.3, -0.25) is 10.1 Å². The summed E-state index contributed by atoms with van der Waals surface area (Å²) in [4.78, 5) is 16.2. The molecule has 6 heteroatoms. The number of hydrogen-bond donors (Lipinski definition) is 2. The van der Waals surface area contributed by atoms with E-state index >= 15 is 0 Å². The molecule has 1 aromatic rings. The van der Waals surface area contributed by atoms with E-state index in [0.29, 0.717) is 0 Å². The first-order chi connectivity index (χ1) is 9.03. The number of nitrogens with two attached hydrogens (primary N) is 1. The lowest BCUT2D eigenvalue weighted by atomic mass is 10.00. The SMILES string of the molecule is CCc1nnc(NC(=O)[C@@H](N)C(C)CC)nc1CC. The van der Waals surface area contributed by atoms with Crippen molar-refractivity contribution in [3.05, 3.63) is 11.4 Å². The Balaban J connectivity index is 2.80. The third kappa shape index (κ3) is 3.96. The molecule has 2 atom stereocenters. The third-order valence-electron chi connectivity index (χ3n) is 3.30. The van der Waals surface area contributed by atoms with Gasteiger partial charge in [0.05, 0.1) is 17.4 Å². The number of carbonyl (C=O) groups is 1.